The van der Waals surface area contributed by atoms with Crippen molar-refractivity contribution in [1.82, 2.24) is 10.6 Å². The van der Waals surface area contributed by atoms with Crippen molar-refractivity contribution in [2.75, 3.05) is 6.61 Å². The first kappa shape index (κ1) is 25.6. The molecule has 0 aliphatic carbocycles. The Bertz CT molecular complexity index is 716. The van der Waals surface area contributed by atoms with Crippen LogP contribution in [0.2, 0.25) is 0 Å². The first-order valence-electron chi connectivity index (χ1n) is 9.81. The Morgan fingerprint density at radius 1 is 1.13 bits per heavy atom. The third-order valence-corrected chi connectivity index (χ3v) is 4.63. The molecule has 2 N–H and O–H groups in total. The lowest BCUT2D eigenvalue weighted by molar-refractivity contribution is -0.144. The maximum absolute atomic E-state index is 12.9. The van der Waals surface area contributed by atoms with Gasteiger partial charge in [0.15, 0.2) is 5.37 Å². The second kappa shape index (κ2) is 12.3. The van der Waals surface area contributed by atoms with Gasteiger partial charge in [-0.3, -0.25) is 4.79 Å². The number of hydrogen-bond donors (Lipinski definition) is 2. The van der Waals surface area contributed by atoms with E-state index < -0.39 is 35.0 Å². The lowest BCUT2D eigenvalue weighted by atomic mass is 10.0. The minimum Gasteiger partial charge on any atom is -0.459 e. The number of hydrogen-bond acceptors (Lipinski definition) is 6. The highest BCUT2D eigenvalue weighted by Gasteiger charge is 2.30. The van der Waals surface area contributed by atoms with Gasteiger partial charge in [0, 0.05) is 4.90 Å². The van der Waals surface area contributed by atoms with Gasteiger partial charge >= 0.3 is 12.1 Å². The standard InChI is InChI=1S/C22H32N2O5S/c1-7-13-28-20(26)19(30-16-11-9-8-10-12-16)24-18(25)17(14-15(2)3)23-21(27)29-22(4,5)6/h7-12,15,17,19H,1,13-14H2,2-6H3,(H,23,27)(H,24,25)/t17-,19-/m0/s1. The van der Waals surface area contributed by atoms with Crippen molar-refractivity contribution in [3.63, 3.8) is 0 Å². The van der Waals surface area contributed by atoms with Crippen molar-refractivity contribution < 1.29 is 23.9 Å². The monoisotopic (exact) mass is 436 g/mol. The van der Waals surface area contributed by atoms with Crippen LogP contribution < -0.4 is 10.6 Å². The second-order valence-electron chi connectivity index (χ2n) is 8.07. The van der Waals surface area contributed by atoms with Gasteiger partial charge in [0.2, 0.25) is 5.91 Å². The van der Waals surface area contributed by atoms with E-state index in [9.17, 15) is 14.4 Å². The zero-order valence-corrected chi connectivity index (χ0v) is 19.1. The molecule has 2 amide bonds. The van der Waals surface area contributed by atoms with Crippen LogP contribution in [0.25, 0.3) is 0 Å². The molecule has 8 heteroatoms. The molecule has 166 valence electrons. The van der Waals surface area contributed by atoms with Crippen LogP contribution in [-0.2, 0) is 19.1 Å². The van der Waals surface area contributed by atoms with Crippen LogP contribution in [0.1, 0.15) is 41.0 Å². The van der Waals surface area contributed by atoms with Crippen LogP contribution in [0, 0.1) is 5.92 Å². The molecule has 0 spiro atoms. The van der Waals surface area contributed by atoms with Crippen molar-refractivity contribution in [3.05, 3.63) is 43.0 Å². The van der Waals surface area contributed by atoms with E-state index in [1.807, 2.05) is 44.2 Å². The van der Waals surface area contributed by atoms with Crippen LogP contribution in [0.15, 0.2) is 47.9 Å². The molecule has 0 aromatic heterocycles. The third-order valence-electron chi connectivity index (χ3n) is 3.54. The summed E-state index contributed by atoms with van der Waals surface area (Å²) < 4.78 is 10.4. The van der Waals surface area contributed by atoms with E-state index in [2.05, 4.69) is 17.2 Å². The van der Waals surface area contributed by atoms with Gasteiger partial charge in [0.1, 0.15) is 18.2 Å². The summed E-state index contributed by atoms with van der Waals surface area (Å²) in [5, 5.41) is 4.32. The van der Waals surface area contributed by atoms with Crippen LogP contribution in [0.4, 0.5) is 4.79 Å². The molecule has 7 nitrogen and oxygen atoms in total. The molecule has 30 heavy (non-hydrogen) atoms. The molecule has 0 radical (unpaired) electrons. The van der Waals surface area contributed by atoms with Crippen molar-refractivity contribution in [1.29, 1.82) is 0 Å². The van der Waals surface area contributed by atoms with Gasteiger partial charge in [-0.25, -0.2) is 9.59 Å². The molecule has 0 heterocycles. The lowest BCUT2D eigenvalue weighted by Crippen LogP contribution is -2.52. The molecule has 0 unspecified atom stereocenters. The lowest BCUT2D eigenvalue weighted by Gasteiger charge is -2.25. The van der Waals surface area contributed by atoms with Crippen molar-refractivity contribution in [2.45, 2.75) is 63.0 Å². The van der Waals surface area contributed by atoms with Crippen molar-refractivity contribution >= 4 is 29.7 Å². The van der Waals surface area contributed by atoms with Crippen LogP contribution in [0.5, 0.6) is 0 Å². The Labute approximate surface area is 183 Å². The van der Waals surface area contributed by atoms with E-state index in [0.717, 1.165) is 16.7 Å². The molecule has 0 saturated carbocycles. The van der Waals surface area contributed by atoms with Gasteiger partial charge in [-0.2, -0.15) is 0 Å². The molecular formula is C22H32N2O5S. The molecule has 1 rings (SSSR count). The number of amides is 2. The van der Waals surface area contributed by atoms with Gasteiger partial charge in [-0.05, 0) is 45.2 Å². The Kier molecular flexibility index (Phi) is 10.5. The number of ether oxygens (including phenoxy) is 2. The number of nitrogens with one attached hydrogen (secondary N) is 2. The van der Waals surface area contributed by atoms with Crippen molar-refractivity contribution in [2.24, 2.45) is 5.92 Å². The van der Waals surface area contributed by atoms with Gasteiger partial charge < -0.3 is 20.1 Å². The van der Waals surface area contributed by atoms with E-state index in [1.54, 1.807) is 20.8 Å². The highest BCUT2D eigenvalue weighted by molar-refractivity contribution is 8.00. The fourth-order valence-electron chi connectivity index (χ4n) is 2.37. The highest BCUT2D eigenvalue weighted by atomic mass is 32.2. The average Bonchev–Trinajstić information content (AvgIpc) is 2.63. The van der Waals surface area contributed by atoms with Gasteiger partial charge in [0.05, 0.1) is 0 Å². The minimum absolute atomic E-state index is 0.0339. The number of rotatable bonds is 10. The van der Waals surface area contributed by atoms with E-state index in [-0.39, 0.29) is 12.5 Å². The van der Waals surface area contributed by atoms with Gasteiger partial charge in [-0.15, -0.1) is 0 Å². The zero-order valence-electron chi connectivity index (χ0n) is 18.3. The van der Waals surface area contributed by atoms with Gasteiger partial charge in [-0.1, -0.05) is 56.5 Å². The zero-order chi connectivity index (χ0) is 22.7. The second-order valence-corrected chi connectivity index (χ2v) is 9.25. The first-order valence-corrected chi connectivity index (χ1v) is 10.7. The SMILES string of the molecule is C=CCOC(=O)[C@@H](NC(=O)[C@H](CC(C)C)NC(=O)OC(C)(C)C)Sc1ccccc1. The molecule has 2 atom stereocenters. The van der Waals surface area contributed by atoms with E-state index in [1.165, 1.54) is 6.08 Å². The smallest absolute Gasteiger partial charge is 0.408 e. The number of carbonyl (C=O) groups excluding carboxylic acids is 3. The topological polar surface area (TPSA) is 93.7 Å². The van der Waals surface area contributed by atoms with Crippen LogP contribution in [-0.4, -0.2) is 41.6 Å². The maximum atomic E-state index is 12.9. The number of thioether (sulfide) groups is 1. The molecule has 0 fully saturated rings. The highest BCUT2D eigenvalue weighted by Crippen LogP contribution is 2.23. The quantitative estimate of drug-likeness (QED) is 0.250. The fourth-order valence-corrected chi connectivity index (χ4v) is 3.30. The fraction of sp³-hybridized carbons (Fsp3) is 0.500. The maximum Gasteiger partial charge on any atom is 0.408 e. The summed E-state index contributed by atoms with van der Waals surface area (Å²) >= 11 is 1.16. The summed E-state index contributed by atoms with van der Waals surface area (Å²) in [6.45, 7) is 12.7. The molecule has 0 bridgehead atoms. The van der Waals surface area contributed by atoms with E-state index in [0.29, 0.717) is 6.42 Å². The Hall–Kier alpha value is -2.48. The first-order chi connectivity index (χ1) is 14.0. The minimum atomic E-state index is -0.977. The summed E-state index contributed by atoms with van der Waals surface area (Å²) in [5.74, 6) is -0.958. The molecule has 1 aromatic rings. The van der Waals surface area contributed by atoms with Gasteiger partial charge in [0.25, 0.3) is 0 Å². The molecule has 0 aliphatic heterocycles. The Morgan fingerprint density at radius 2 is 1.77 bits per heavy atom. The number of alkyl carbamates (subject to hydrolysis) is 1. The summed E-state index contributed by atoms with van der Waals surface area (Å²) in [6, 6.07) is 8.33. The predicted molar refractivity (Wildman–Crippen MR) is 118 cm³/mol. The number of esters is 1. The van der Waals surface area contributed by atoms with Crippen molar-refractivity contribution in [3.8, 4) is 0 Å². The molecule has 1 aromatic carbocycles. The summed E-state index contributed by atoms with van der Waals surface area (Å²) in [6.07, 6.45) is 1.15. The van der Waals surface area contributed by atoms with E-state index >= 15 is 0 Å². The third kappa shape index (κ3) is 10.3. The number of benzene rings is 1. The molecule has 0 saturated heterocycles. The number of carbonyl (C=O) groups is 3. The van der Waals surface area contributed by atoms with E-state index in [4.69, 9.17) is 9.47 Å². The largest absolute Gasteiger partial charge is 0.459 e. The molecule has 0 aliphatic rings. The van der Waals surface area contributed by atoms with Crippen LogP contribution in [0.3, 0.4) is 0 Å². The predicted octanol–water partition coefficient (Wildman–Crippen LogP) is 3.89. The Morgan fingerprint density at radius 3 is 2.30 bits per heavy atom. The summed E-state index contributed by atoms with van der Waals surface area (Å²) in [7, 11) is 0. The average molecular weight is 437 g/mol. The van der Waals surface area contributed by atoms with Crippen LogP contribution >= 0.6 is 11.8 Å². The normalized spacial score (nSPS) is 13.1. The summed E-state index contributed by atoms with van der Waals surface area (Å²) in [4.78, 5) is 38.4. The summed E-state index contributed by atoms with van der Waals surface area (Å²) in [5.41, 5.74) is -0.691. The molecular weight excluding hydrogens is 404 g/mol. The Balaban J connectivity index is 2.94.